The molecule has 1 N–H and O–H groups in total. The molecule has 104 valence electrons. The number of phenols is 1. The Morgan fingerprint density at radius 3 is 2.32 bits per heavy atom. The van der Waals surface area contributed by atoms with Gasteiger partial charge in [-0.3, -0.25) is 9.69 Å². The van der Waals surface area contributed by atoms with E-state index in [0.29, 0.717) is 11.6 Å². The van der Waals surface area contributed by atoms with E-state index in [1.807, 2.05) is 6.07 Å². The van der Waals surface area contributed by atoms with Crippen LogP contribution in [-0.4, -0.2) is 48.0 Å². The molecule has 1 aromatic carbocycles. The summed E-state index contributed by atoms with van der Waals surface area (Å²) < 4.78 is 0. The zero-order chi connectivity index (χ0) is 14.0. The normalized spacial score (nSPS) is 16.9. The number of nitrogens with zero attached hydrogens (tertiary/aromatic N) is 2. The van der Waals surface area contributed by atoms with Crippen molar-refractivity contribution < 1.29 is 9.90 Å². The number of ketones is 1. The quantitative estimate of drug-likeness (QED) is 0.847. The number of rotatable bonds is 3. The van der Waals surface area contributed by atoms with Crippen LogP contribution in [0.3, 0.4) is 0 Å². The highest BCUT2D eigenvalue weighted by atomic mass is 16.3. The van der Waals surface area contributed by atoms with Crippen molar-refractivity contribution in [2.24, 2.45) is 0 Å². The highest BCUT2D eigenvalue weighted by Crippen LogP contribution is 2.26. The van der Waals surface area contributed by atoms with Crippen LogP contribution in [0.2, 0.25) is 0 Å². The van der Waals surface area contributed by atoms with Crippen molar-refractivity contribution in [2.45, 2.75) is 26.8 Å². The van der Waals surface area contributed by atoms with Crippen LogP contribution in [0.25, 0.3) is 0 Å². The maximum atomic E-state index is 11.3. The first-order chi connectivity index (χ1) is 8.99. The number of Topliss-reactive ketones (excluding diaryl/α,β-unsaturated/α-hetero) is 1. The number of hydrogen-bond acceptors (Lipinski definition) is 4. The minimum Gasteiger partial charge on any atom is -0.507 e. The van der Waals surface area contributed by atoms with Crippen molar-refractivity contribution >= 4 is 11.5 Å². The molecule has 19 heavy (non-hydrogen) atoms. The van der Waals surface area contributed by atoms with Gasteiger partial charge in [-0.15, -0.1) is 0 Å². The molecule has 1 heterocycles. The summed E-state index contributed by atoms with van der Waals surface area (Å²) in [5.41, 5.74) is 1.38. The molecule has 4 heteroatoms. The van der Waals surface area contributed by atoms with Crippen molar-refractivity contribution in [1.29, 1.82) is 0 Å². The Kier molecular flexibility index (Phi) is 4.10. The number of piperazine rings is 1. The van der Waals surface area contributed by atoms with Crippen molar-refractivity contribution in [2.75, 3.05) is 31.1 Å². The lowest BCUT2D eigenvalue weighted by molar-refractivity contribution is 0.101. The second-order valence-electron chi connectivity index (χ2n) is 5.37. The first kappa shape index (κ1) is 13.9. The Balaban J connectivity index is 2.08. The molecule has 1 aliphatic heterocycles. The van der Waals surface area contributed by atoms with Crippen LogP contribution in [0.5, 0.6) is 5.75 Å². The molecule has 0 saturated carbocycles. The number of hydrogen-bond donors (Lipinski definition) is 1. The van der Waals surface area contributed by atoms with Gasteiger partial charge in [0.2, 0.25) is 0 Å². The van der Waals surface area contributed by atoms with Crippen molar-refractivity contribution in [3.05, 3.63) is 23.8 Å². The van der Waals surface area contributed by atoms with Gasteiger partial charge in [0.15, 0.2) is 5.78 Å². The maximum absolute atomic E-state index is 11.3. The van der Waals surface area contributed by atoms with E-state index in [1.165, 1.54) is 6.92 Å². The van der Waals surface area contributed by atoms with Gasteiger partial charge in [0.25, 0.3) is 0 Å². The first-order valence-corrected chi connectivity index (χ1v) is 6.82. The van der Waals surface area contributed by atoms with Crippen LogP contribution in [-0.2, 0) is 0 Å². The van der Waals surface area contributed by atoms with Gasteiger partial charge in [-0.05, 0) is 32.9 Å². The fourth-order valence-electron chi connectivity index (χ4n) is 2.51. The molecule has 0 spiro atoms. The molecule has 2 rings (SSSR count). The third-order valence-corrected chi connectivity index (χ3v) is 3.77. The standard InChI is InChI=1S/C15H22N2O2/c1-11(2)16-6-8-17(9-7-16)13-4-5-14(12(3)18)15(19)10-13/h4-5,10-11,19H,6-9H2,1-3H3. The van der Waals surface area contributed by atoms with E-state index in [9.17, 15) is 9.90 Å². The summed E-state index contributed by atoms with van der Waals surface area (Å²) >= 11 is 0. The summed E-state index contributed by atoms with van der Waals surface area (Å²) in [4.78, 5) is 16.0. The van der Waals surface area contributed by atoms with Crippen LogP contribution in [0.4, 0.5) is 5.69 Å². The van der Waals surface area contributed by atoms with Gasteiger partial charge in [-0.25, -0.2) is 0 Å². The fourth-order valence-corrected chi connectivity index (χ4v) is 2.51. The molecule has 0 bridgehead atoms. The maximum Gasteiger partial charge on any atom is 0.163 e. The minimum absolute atomic E-state index is 0.0799. The number of carbonyl (C=O) groups is 1. The Hall–Kier alpha value is -1.55. The highest BCUT2D eigenvalue weighted by Gasteiger charge is 2.19. The van der Waals surface area contributed by atoms with Crippen molar-refractivity contribution in [3.8, 4) is 5.75 Å². The zero-order valence-electron chi connectivity index (χ0n) is 11.9. The molecule has 1 aliphatic rings. The molecule has 0 atom stereocenters. The van der Waals surface area contributed by atoms with Crippen molar-refractivity contribution in [1.82, 2.24) is 4.90 Å². The van der Waals surface area contributed by atoms with Gasteiger partial charge in [-0.2, -0.15) is 0 Å². The Bertz CT molecular complexity index is 463. The molecule has 0 unspecified atom stereocenters. The second kappa shape index (κ2) is 5.61. The molecule has 1 fully saturated rings. The van der Waals surface area contributed by atoms with Gasteiger partial charge in [0.05, 0.1) is 5.56 Å². The monoisotopic (exact) mass is 262 g/mol. The van der Waals surface area contributed by atoms with Crippen LogP contribution in [0, 0.1) is 0 Å². The summed E-state index contributed by atoms with van der Waals surface area (Å²) in [6.07, 6.45) is 0. The number of anilines is 1. The highest BCUT2D eigenvalue weighted by molar-refractivity contribution is 5.97. The summed E-state index contributed by atoms with van der Waals surface area (Å²) in [5.74, 6) is -0.0232. The van der Waals surface area contributed by atoms with Gasteiger partial charge in [0.1, 0.15) is 5.75 Å². The first-order valence-electron chi connectivity index (χ1n) is 6.82. The zero-order valence-corrected chi connectivity index (χ0v) is 11.9. The lowest BCUT2D eigenvalue weighted by Crippen LogP contribution is -2.48. The largest absolute Gasteiger partial charge is 0.507 e. The molecule has 0 aliphatic carbocycles. The lowest BCUT2D eigenvalue weighted by atomic mass is 10.1. The Morgan fingerprint density at radius 2 is 1.84 bits per heavy atom. The number of carbonyl (C=O) groups excluding carboxylic acids is 1. The summed E-state index contributed by atoms with van der Waals surface area (Å²) in [7, 11) is 0. The molecule has 0 amide bonds. The van der Waals surface area contributed by atoms with Crippen LogP contribution < -0.4 is 4.90 Å². The molecule has 4 nitrogen and oxygen atoms in total. The van der Waals surface area contributed by atoms with E-state index in [4.69, 9.17) is 0 Å². The lowest BCUT2D eigenvalue weighted by Gasteiger charge is -2.38. The molecule has 0 radical (unpaired) electrons. The average molecular weight is 262 g/mol. The predicted octanol–water partition coefficient (Wildman–Crippen LogP) is 2.13. The topological polar surface area (TPSA) is 43.8 Å². The van der Waals surface area contributed by atoms with Crippen LogP contribution in [0.15, 0.2) is 18.2 Å². The van der Waals surface area contributed by atoms with Gasteiger partial charge < -0.3 is 10.0 Å². The van der Waals surface area contributed by atoms with E-state index >= 15 is 0 Å². The van der Waals surface area contributed by atoms with E-state index < -0.39 is 0 Å². The second-order valence-corrected chi connectivity index (χ2v) is 5.37. The van der Waals surface area contributed by atoms with Crippen LogP contribution in [0.1, 0.15) is 31.1 Å². The summed E-state index contributed by atoms with van der Waals surface area (Å²) in [6, 6.07) is 5.90. The van der Waals surface area contributed by atoms with E-state index in [2.05, 4.69) is 23.6 Å². The summed E-state index contributed by atoms with van der Waals surface area (Å²) in [5, 5.41) is 9.87. The van der Waals surface area contributed by atoms with E-state index in [0.717, 1.165) is 31.9 Å². The predicted molar refractivity (Wildman–Crippen MR) is 77.0 cm³/mol. The third-order valence-electron chi connectivity index (χ3n) is 3.77. The van der Waals surface area contributed by atoms with Gasteiger partial charge >= 0.3 is 0 Å². The number of benzene rings is 1. The van der Waals surface area contributed by atoms with E-state index in [-0.39, 0.29) is 11.5 Å². The third kappa shape index (κ3) is 3.07. The van der Waals surface area contributed by atoms with Crippen LogP contribution >= 0.6 is 0 Å². The number of phenolic OH excluding ortho intramolecular Hbond substituents is 1. The van der Waals surface area contributed by atoms with Gasteiger partial charge in [-0.1, -0.05) is 0 Å². The molecule has 1 saturated heterocycles. The number of aromatic hydroxyl groups is 1. The molecular weight excluding hydrogens is 240 g/mol. The van der Waals surface area contributed by atoms with Gasteiger partial charge in [0, 0.05) is 44.0 Å². The average Bonchev–Trinajstić information content (AvgIpc) is 2.38. The molecular formula is C15H22N2O2. The smallest absolute Gasteiger partial charge is 0.163 e. The van der Waals surface area contributed by atoms with E-state index in [1.54, 1.807) is 12.1 Å². The van der Waals surface area contributed by atoms with Crippen molar-refractivity contribution in [3.63, 3.8) is 0 Å². The molecule has 1 aromatic rings. The SMILES string of the molecule is CC(=O)c1ccc(N2CCN(C(C)C)CC2)cc1O. The Labute approximate surface area is 114 Å². The Morgan fingerprint density at radius 1 is 1.21 bits per heavy atom. The minimum atomic E-state index is -0.103. The summed E-state index contributed by atoms with van der Waals surface area (Å²) in [6.45, 7) is 9.87. The fraction of sp³-hybridized carbons (Fsp3) is 0.533. The molecule has 0 aromatic heterocycles.